The Morgan fingerprint density at radius 2 is 1.19 bits per heavy atom. The molecule has 0 N–H and O–H groups in total. The van der Waals surface area contributed by atoms with E-state index in [2.05, 4.69) is 45.4 Å². The minimum atomic E-state index is -0.978. The topological polar surface area (TPSA) is 3.24 Å². The minimum Gasteiger partial charge on any atom is -0.398 e. The van der Waals surface area contributed by atoms with Crippen molar-refractivity contribution in [2.45, 2.75) is 168 Å². The molecule has 4 saturated carbocycles. The maximum atomic E-state index is 3.24. The van der Waals surface area contributed by atoms with Gasteiger partial charge in [-0.15, -0.1) is 0 Å². The third-order valence-electron chi connectivity index (χ3n) is 10.7. The monoisotopic (exact) mass is 511 g/mol. The highest BCUT2D eigenvalue weighted by molar-refractivity contribution is 6.53. The Bertz CT molecular complexity index is 739. The van der Waals surface area contributed by atoms with E-state index in [0.29, 0.717) is 11.5 Å². The molecule has 1 atom stereocenters. The van der Waals surface area contributed by atoms with Gasteiger partial charge in [-0.05, 0) is 99.5 Å². The van der Waals surface area contributed by atoms with Gasteiger partial charge < -0.3 is 4.57 Å². The maximum absolute atomic E-state index is 3.24. The van der Waals surface area contributed by atoms with E-state index in [4.69, 9.17) is 0 Å². The molecule has 0 aliphatic heterocycles. The molecule has 0 amide bonds. The van der Waals surface area contributed by atoms with Crippen molar-refractivity contribution in [3.63, 3.8) is 0 Å². The van der Waals surface area contributed by atoms with Gasteiger partial charge >= 0.3 is 0 Å². The Morgan fingerprint density at radius 3 is 1.72 bits per heavy atom. The number of unbranched alkanes of at least 4 members (excludes halogenated alkanes) is 8. The van der Waals surface area contributed by atoms with Gasteiger partial charge in [0, 0.05) is 17.2 Å². The molecule has 5 rings (SSSR count). The summed E-state index contributed by atoms with van der Waals surface area (Å²) in [5.74, 6) is 3.80. The molecule has 1 nitrogen and oxygen atoms in total. The van der Waals surface area contributed by atoms with Crippen molar-refractivity contribution < 1.29 is 0 Å². The summed E-state index contributed by atoms with van der Waals surface area (Å²) < 4.78 is 3.24. The smallest absolute Gasteiger partial charge is 0.134 e. The molecule has 0 spiro atoms. The van der Waals surface area contributed by atoms with Crippen LogP contribution in [0.4, 0.5) is 0 Å². The van der Waals surface area contributed by atoms with Crippen LogP contribution in [0.15, 0.2) is 22.4 Å². The van der Waals surface area contributed by atoms with Crippen molar-refractivity contribution in [1.29, 1.82) is 0 Å². The zero-order valence-corrected chi connectivity index (χ0v) is 26.4. The van der Waals surface area contributed by atoms with Crippen LogP contribution in [-0.2, 0) is 0 Å². The Hall–Kier alpha value is -0.503. The summed E-state index contributed by atoms with van der Waals surface area (Å²) in [6.45, 7) is 15.1. The zero-order chi connectivity index (χ0) is 25.7. The van der Waals surface area contributed by atoms with Gasteiger partial charge in [0.2, 0.25) is 0 Å². The molecule has 4 bridgehead atoms. The third kappa shape index (κ3) is 6.05. The van der Waals surface area contributed by atoms with Gasteiger partial charge in [0.1, 0.15) is 8.96 Å². The van der Waals surface area contributed by atoms with E-state index >= 15 is 0 Å². The number of rotatable bonds is 16. The highest BCUT2D eigenvalue weighted by Crippen LogP contribution is 2.60. The van der Waals surface area contributed by atoms with Gasteiger partial charge in [-0.1, -0.05) is 97.7 Å². The van der Waals surface area contributed by atoms with Gasteiger partial charge in [0.05, 0.1) is 0 Å². The molecule has 0 aromatic rings. The van der Waals surface area contributed by atoms with Crippen molar-refractivity contribution in [3.05, 3.63) is 22.4 Å². The summed E-state index contributed by atoms with van der Waals surface area (Å²) in [6, 6.07) is 0. The molecule has 0 saturated heterocycles. The second-order valence-electron chi connectivity index (χ2n) is 13.9. The normalized spacial score (nSPS) is 31.4. The average Bonchev–Trinajstić information content (AvgIpc) is 3.08. The predicted molar refractivity (Wildman–Crippen MR) is 162 cm³/mol. The molecule has 1 unspecified atom stereocenters. The summed E-state index contributed by atoms with van der Waals surface area (Å²) in [4.78, 5) is 0. The first-order valence-corrected chi connectivity index (χ1v) is 19.5. The molecule has 206 valence electrons. The molecular weight excluding hydrogens is 450 g/mol. The highest BCUT2D eigenvalue weighted by Gasteiger charge is 2.55. The summed E-state index contributed by atoms with van der Waals surface area (Å²) in [5, 5.41) is 0. The Morgan fingerprint density at radius 1 is 0.694 bits per heavy atom. The fourth-order valence-electron chi connectivity index (χ4n) is 9.73. The lowest BCUT2D eigenvalue weighted by molar-refractivity contribution is -0.0515. The van der Waals surface area contributed by atoms with Gasteiger partial charge in [-0.25, -0.2) is 0 Å². The summed E-state index contributed by atoms with van der Waals surface area (Å²) >= 11 is 0. The van der Waals surface area contributed by atoms with Gasteiger partial charge in [-0.2, -0.15) is 0 Å². The molecule has 36 heavy (non-hydrogen) atoms. The lowest BCUT2D eigenvalue weighted by atomic mass is 9.53. The van der Waals surface area contributed by atoms with E-state index < -0.39 is 8.96 Å². The van der Waals surface area contributed by atoms with Crippen molar-refractivity contribution in [2.75, 3.05) is 0 Å². The van der Waals surface area contributed by atoms with Crippen LogP contribution in [0.5, 0.6) is 0 Å². The molecule has 2 heteroatoms. The van der Waals surface area contributed by atoms with Crippen LogP contribution in [0, 0.1) is 23.7 Å². The van der Waals surface area contributed by atoms with E-state index in [-0.39, 0.29) is 0 Å². The van der Waals surface area contributed by atoms with Gasteiger partial charge in [0.25, 0.3) is 0 Å². The zero-order valence-electron chi connectivity index (χ0n) is 25.3. The summed E-state index contributed by atoms with van der Waals surface area (Å²) in [7, 11) is -0.978. The number of hydrogen-bond donors (Lipinski definition) is 0. The molecule has 4 fully saturated rings. The number of nitrogens with zero attached hydrogens (tertiary/aromatic N) is 1. The summed E-state index contributed by atoms with van der Waals surface area (Å²) in [6.07, 6.45) is 27.4. The first-order valence-electron chi connectivity index (χ1n) is 16.7. The van der Waals surface area contributed by atoms with E-state index in [1.807, 2.05) is 22.4 Å². The lowest BCUT2D eigenvalue weighted by Crippen LogP contribution is -2.62. The van der Waals surface area contributed by atoms with Crippen LogP contribution in [0.2, 0.25) is 13.1 Å². The minimum absolute atomic E-state index is 0.530. The molecule has 0 aromatic heterocycles. The van der Waals surface area contributed by atoms with Crippen molar-refractivity contribution in [3.8, 4) is 0 Å². The van der Waals surface area contributed by atoms with Crippen molar-refractivity contribution >= 4 is 8.96 Å². The molecule has 0 radical (unpaired) electrons. The largest absolute Gasteiger partial charge is 0.398 e. The van der Waals surface area contributed by atoms with Crippen LogP contribution in [0.25, 0.3) is 0 Å². The fraction of sp³-hybridized carbons (Fsp3) is 0.882. The molecule has 5 aliphatic carbocycles. The highest BCUT2D eigenvalue weighted by atomic mass is 28.3. The van der Waals surface area contributed by atoms with E-state index in [9.17, 15) is 0 Å². The van der Waals surface area contributed by atoms with Crippen molar-refractivity contribution in [2.24, 2.45) is 23.7 Å². The van der Waals surface area contributed by atoms with Crippen LogP contribution in [0.1, 0.15) is 150 Å². The average molecular weight is 512 g/mol. The van der Waals surface area contributed by atoms with Crippen LogP contribution in [-0.4, -0.2) is 19.1 Å². The lowest BCUT2D eigenvalue weighted by Gasteiger charge is -2.63. The molecule has 0 heterocycles. The standard InChI is InChI=1S/C34H61NSi/c1-7-10-12-14-15-17-18-31-26(4)33(30(9-3)32(31)19-16-13-11-8-2)35(36(5)6)34-23-27-20-28(24-34)22-29(21-27)25-34/h26-29,36H,7-25H2,1-6H3. The first-order chi connectivity index (χ1) is 17.4. The molecular formula is C34H61NSi. The Kier molecular flexibility index (Phi) is 10.3. The number of hydrogen-bond acceptors (Lipinski definition) is 1. The SMILES string of the molecule is CCCCCCCCC1=C(CCCCCC)C(CC)=C(N([SiH](C)C)C23CC4CC(CC(C4)C2)C3)C1C. The molecule has 5 aliphatic rings. The van der Waals surface area contributed by atoms with E-state index in [1.165, 1.54) is 103 Å². The quantitative estimate of drug-likeness (QED) is 0.147. The van der Waals surface area contributed by atoms with Gasteiger partial charge in [-0.3, -0.25) is 0 Å². The second kappa shape index (κ2) is 13.0. The second-order valence-corrected chi connectivity index (χ2v) is 16.6. The predicted octanol–water partition coefficient (Wildman–Crippen LogP) is 10.6. The van der Waals surface area contributed by atoms with Crippen molar-refractivity contribution in [1.82, 2.24) is 4.57 Å². The van der Waals surface area contributed by atoms with Gasteiger partial charge in [0.15, 0.2) is 0 Å². The maximum Gasteiger partial charge on any atom is 0.134 e. The Labute approximate surface area is 227 Å². The molecule has 0 aromatic carbocycles. The first kappa shape index (κ1) is 28.5. The summed E-state index contributed by atoms with van der Waals surface area (Å²) in [5.41, 5.74) is 7.97. The third-order valence-corrected chi connectivity index (χ3v) is 12.6. The van der Waals surface area contributed by atoms with E-state index in [1.54, 1.807) is 19.3 Å². The fourth-order valence-corrected chi connectivity index (χ4v) is 12.1. The van der Waals surface area contributed by atoms with E-state index in [0.717, 1.165) is 17.8 Å². The number of allylic oxidation sites excluding steroid dienone is 3. The van der Waals surface area contributed by atoms with Crippen LogP contribution < -0.4 is 0 Å². The van der Waals surface area contributed by atoms with Crippen LogP contribution in [0.3, 0.4) is 0 Å². The Balaban J connectivity index is 1.59. The van der Waals surface area contributed by atoms with Crippen LogP contribution >= 0.6 is 0 Å².